The number of hydrogen-bond acceptors (Lipinski definition) is 6. The molecule has 0 N–H and O–H groups in total. The molecule has 0 atom stereocenters. The molecule has 4 rings (SSSR count). The van der Waals surface area contributed by atoms with Gasteiger partial charge in [0.1, 0.15) is 5.75 Å². The SMILES string of the molecule is COc1ccccc1Cc1nc(-c2cn(-c3ccccc3)nn2)no1. The van der Waals surface area contributed by atoms with Crippen LogP contribution in [0.4, 0.5) is 0 Å². The summed E-state index contributed by atoms with van der Waals surface area (Å²) in [6.45, 7) is 0. The van der Waals surface area contributed by atoms with E-state index in [0.717, 1.165) is 17.0 Å². The Morgan fingerprint density at radius 2 is 1.84 bits per heavy atom. The summed E-state index contributed by atoms with van der Waals surface area (Å²) < 4.78 is 12.4. The molecule has 124 valence electrons. The molecule has 4 aromatic rings. The predicted molar refractivity (Wildman–Crippen MR) is 90.5 cm³/mol. The van der Waals surface area contributed by atoms with Crippen LogP contribution in [0.15, 0.2) is 65.3 Å². The van der Waals surface area contributed by atoms with Crippen molar-refractivity contribution in [3.05, 3.63) is 72.2 Å². The highest BCUT2D eigenvalue weighted by Crippen LogP contribution is 2.21. The molecule has 7 heteroatoms. The van der Waals surface area contributed by atoms with E-state index in [2.05, 4.69) is 20.5 Å². The standard InChI is InChI=1S/C18H15N5O2/c1-24-16-10-6-5-7-13(16)11-17-19-18(21-25-17)15-12-23(22-20-15)14-8-3-2-4-9-14/h2-10,12H,11H2,1H3. The van der Waals surface area contributed by atoms with Gasteiger partial charge in [0.05, 0.1) is 25.4 Å². The summed E-state index contributed by atoms with van der Waals surface area (Å²) in [5.41, 5.74) is 2.45. The van der Waals surface area contributed by atoms with Crippen molar-refractivity contribution in [1.29, 1.82) is 0 Å². The van der Waals surface area contributed by atoms with Gasteiger partial charge in [-0.25, -0.2) is 4.68 Å². The van der Waals surface area contributed by atoms with Gasteiger partial charge < -0.3 is 9.26 Å². The maximum atomic E-state index is 5.35. The molecule has 2 aromatic carbocycles. The van der Waals surface area contributed by atoms with E-state index in [1.54, 1.807) is 18.0 Å². The molecular weight excluding hydrogens is 318 g/mol. The molecule has 0 aliphatic carbocycles. The highest BCUT2D eigenvalue weighted by atomic mass is 16.5. The van der Waals surface area contributed by atoms with E-state index in [-0.39, 0.29) is 0 Å². The summed E-state index contributed by atoms with van der Waals surface area (Å²) in [4.78, 5) is 4.41. The lowest BCUT2D eigenvalue weighted by Gasteiger charge is -2.04. The minimum atomic E-state index is 0.409. The van der Waals surface area contributed by atoms with Crippen molar-refractivity contribution in [1.82, 2.24) is 25.1 Å². The van der Waals surface area contributed by atoms with E-state index in [4.69, 9.17) is 9.26 Å². The predicted octanol–water partition coefficient (Wildman–Crippen LogP) is 2.92. The summed E-state index contributed by atoms with van der Waals surface area (Å²) in [5, 5.41) is 12.2. The van der Waals surface area contributed by atoms with Crippen LogP contribution in [-0.2, 0) is 6.42 Å². The molecule has 0 radical (unpaired) electrons. The zero-order chi connectivity index (χ0) is 17.1. The van der Waals surface area contributed by atoms with Crippen molar-refractivity contribution in [3.63, 3.8) is 0 Å². The van der Waals surface area contributed by atoms with Gasteiger partial charge >= 0.3 is 0 Å². The first-order valence-electron chi connectivity index (χ1n) is 7.76. The van der Waals surface area contributed by atoms with Crippen molar-refractivity contribution in [2.24, 2.45) is 0 Å². The van der Waals surface area contributed by atoms with E-state index < -0.39 is 0 Å². The minimum Gasteiger partial charge on any atom is -0.496 e. The average molecular weight is 333 g/mol. The molecule has 0 aliphatic heterocycles. The zero-order valence-electron chi connectivity index (χ0n) is 13.5. The molecule has 0 saturated carbocycles. The molecule has 0 fully saturated rings. The van der Waals surface area contributed by atoms with Gasteiger partial charge in [0.25, 0.3) is 0 Å². The van der Waals surface area contributed by atoms with Crippen LogP contribution in [0.3, 0.4) is 0 Å². The second-order valence-corrected chi connectivity index (χ2v) is 5.38. The van der Waals surface area contributed by atoms with Crippen molar-refractivity contribution >= 4 is 0 Å². The average Bonchev–Trinajstić information content (AvgIpc) is 3.32. The van der Waals surface area contributed by atoms with Crippen LogP contribution in [0.5, 0.6) is 5.75 Å². The molecule has 2 aromatic heterocycles. The van der Waals surface area contributed by atoms with Crippen molar-refractivity contribution in [2.45, 2.75) is 6.42 Å². The quantitative estimate of drug-likeness (QED) is 0.559. The molecular formula is C18H15N5O2. The Kier molecular flexibility index (Phi) is 3.96. The molecule has 0 bridgehead atoms. The monoisotopic (exact) mass is 333 g/mol. The number of para-hydroxylation sites is 2. The number of benzene rings is 2. The van der Waals surface area contributed by atoms with Gasteiger partial charge in [-0.15, -0.1) is 5.10 Å². The molecule has 2 heterocycles. The van der Waals surface area contributed by atoms with Crippen LogP contribution in [0.2, 0.25) is 0 Å². The van der Waals surface area contributed by atoms with Crippen LogP contribution in [0.25, 0.3) is 17.2 Å². The molecule has 0 saturated heterocycles. The van der Waals surface area contributed by atoms with E-state index >= 15 is 0 Å². The molecule has 25 heavy (non-hydrogen) atoms. The van der Waals surface area contributed by atoms with Gasteiger partial charge in [0.2, 0.25) is 11.7 Å². The van der Waals surface area contributed by atoms with Gasteiger partial charge in [-0.2, -0.15) is 4.98 Å². The first-order chi connectivity index (χ1) is 12.3. The summed E-state index contributed by atoms with van der Waals surface area (Å²) >= 11 is 0. The summed E-state index contributed by atoms with van der Waals surface area (Å²) in [7, 11) is 1.64. The Bertz CT molecular complexity index is 978. The third-order valence-corrected chi connectivity index (χ3v) is 3.75. The third-order valence-electron chi connectivity index (χ3n) is 3.75. The Labute approximate surface area is 143 Å². The van der Waals surface area contributed by atoms with Crippen LogP contribution in [-0.4, -0.2) is 32.2 Å². The number of aromatic nitrogens is 5. The first-order valence-corrected chi connectivity index (χ1v) is 7.76. The molecule has 0 aliphatic rings. The van der Waals surface area contributed by atoms with Crippen LogP contribution in [0, 0.1) is 0 Å². The van der Waals surface area contributed by atoms with Gasteiger partial charge in [-0.3, -0.25) is 0 Å². The summed E-state index contributed by atoms with van der Waals surface area (Å²) in [6, 6.07) is 17.5. The number of hydrogen-bond donors (Lipinski definition) is 0. The largest absolute Gasteiger partial charge is 0.496 e. The fraction of sp³-hybridized carbons (Fsp3) is 0.111. The summed E-state index contributed by atoms with van der Waals surface area (Å²) in [6.07, 6.45) is 2.26. The smallest absolute Gasteiger partial charge is 0.231 e. The maximum Gasteiger partial charge on any atom is 0.231 e. The fourth-order valence-electron chi connectivity index (χ4n) is 2.52. The highest BCUT2D eigenvalue weighted by molar-refractivity contribution is 5.47. The third kappa shape index (κ3) is 3.12. The Balaban J connectivity index is 1.57. The van der Waals surface area contributed by atoms with Crippen molar-refractivity contribution in [2.75, 3.05) is 7.11 Å². The van der Waals surface area contributed by atoms with Gasteiger partial charge in [-0.1, -0.05) is 46.8 Å². The Morgan fingerprint density at radius 3 is 2.68 bits per heavy atom. The highest BCUT2D eigenvalue weighted by Gasteiger charge is 2.14. The van der Waals surface area contributed by atoms with E-state index in [0.29, 0.717) is 23.8 Å². The van der Waals surface area contributed by atoms with E-state index in [1.165, 1.54) is 0 Å². The van der Waals surface area contributed by atoms with Gasteiger partial charge in [0, 0.05) is 5.56 Å². The van der Waals surface area contributed by atoms with Crippen molar-refractivity contribution in [3.8, 4) is 23.0 Å². The fourth-order valence-corrected chi connectivity index (χ4v) is 2.52. The van der Waals surface area contributed by atoms with E-state index in [1.807, 2.05) is 54.6 Å². The normalized spacial score (nSPS) is 10.8. The van der Waals surface area contributed by atoms with Gasteiger partial charge in [0.15, 0.2) is 5.69 Å². The number of methoxy groups -OCH3 is 1. The lowest BCUT2D eigenvalue weighted by Crippen LogP contribution is -1.93. The van der Waals surface area contributed by atoms with Crippen molar-refractivity contribution < 1.29 is 9.26 Å². The number of ether oxygens (including phenoxy) is 1. The van der Waals surface area contributed by atoms with Gasteiger partial charge in [-0.05, 0) is 18.2 Å². The summed E-state index contributed by atoms with van der Waals surface area (Å²) in [5.74, 6) is 1.69. The lowest BCUT2D eigenvalue weighted by atomic mass is 10.1. The second kappa shape index (κ2) is 6.56. The van der Waals surface area contributed by atoms with Crippen LogP contribution < -0.4 is 4.74 Å². The molecule has 0 unspecified atom stereocenters. The Morgan fingerprint density at radius 1 is 1.04 bits per heavy atom. The number of rotatable bonds is 5. The molecule has 7 nitrogen and oxygen atoms in total. The van der Waals surface area contributed by atoms with Crippen LogP contribution >= 0.6 is 0 Å². The lowest BCUT2D eigenvalue weighted by molar-refractivity contribution is 0.379. The number of nitrogens with zero attached hydrogens (tertiary/aromatic N) is 5. The first kappa shape index (κ1) is 15.1. The second-order valence-electron chi connectivity index (χ2n) is 5.38. The van der Waals surface area contributed by atoms with E-state index in [9.17, 15) is 0 Å². The Hall–Kier alpha value is -3.48. The molecule has 0 amide bonds. The zero-order valence-corrected chi connectivity index (χ0v) is 13.5. The topological polar surface area (TPSA) is 78.9 Å². The molecule has 0 spiro atoms. The maximum absolute atomic E-state index is 5.35. The van der Waals surface area contributed by atoms with Crippen LogP contribution in [0.1, 0.15) is 11.5 Å². The minimum absolute atomic E-state index is 0.409.